The highest BCUT2D eigenvalue weighted by molar-refractivity contribution is 6.07. The van der Waals surface area contributed by atoms with E-state index in [2.05, 4.69) is 41.3 Å². The van der Waals surface area contributed by atoms with Crippen LogP contribution >= 0.6 is 0 Å². The van der Waals surface area contributed by atoms with Gasteiger partial charge >= 0.3 is 0 Å². The Bertz CT molecular complexity index is 446. The summed E-state index contributed by atoms with van der Waals surface area (Å²) >= 11 is 0. The molecule has 1 aliphatic rings. The molecule has 0 saturated carbocycles. The molecule has 0 unspecified atom stereocenters. The second-order valence-corrected chi connectivity index (χ2v) is 4.15. The molecule has 0 amide bonds. The Balaban J connectivity index is 2.13. The number of benzene rings is 1. The molecule has 0 atom stereocenters. The molecular formula is C12H16N4. The summed E-state index contributed by atoms with van der Waals surface area (Å²) < 4.78 is 0. The van der Waals surface area contributed by atoms with Gasteiger partial charge < -0.3 is 11.1 Å². The molecule has 0 radical (unpaired) electrons. The SMILES string of the molecule is CC(C)c1cccc(NC2=NCC(N)=N2)c1. The van der Waals surface area contributed by atoms with Crippen LogP contribution in [0, 0.1) is 0 Å². The van der Waals surface area contributed by atoms with E-state index in [0.717, 1.165) is 5.69 Å². The Morgan fingerprint density at radius 1 is 1.38 bits per heavy atom. The highest BCUT2D eigenvalue weighted by atomic mass is 15.2. The summed E-state index contributed by atoms with van der Waals surface area (Å²) in [5.74, 6) is 1.67. The molecule has 4 nitrogen and oxygen atoms in total. The van der Waals surface area contributed by atoms with Crippen molar-refractivity contribution in [3.63, 3.8) is 0 Å². The third kappa shape index (κ3) is 2.39. The van der Waals surface area contributed by atoms with Gasteiger partial charge in [0.15, 0.2) is 0 Å². The first kappa shape index (κ1) is 10.7. The van der Waals surface area contributed by atoms with Crippen LogP contribution in [0.4, 0.5) is 5.69 Å². The van der Waals surface area contributed by atoms with Gasteiger partial charge in [0.2, 0.25) is 5.96 Å². The molecule has 0 saturated heterocycles. The zero-order chi connectivity index (χ0) is 11.5. The monoisotopic (exact) mass is 216 g/mol. The van der Waals surface area contributed by atoms with Crippen molar-refractivity contribution in [3.05, 3.63) is 29.8 Å². The summed E-state index contributed by atoms with van der Waals surface area (Å²) in [5.41, 5.74) is 7.85. The van der Waals surface area contributed by atoms with E-state index in [4.69, 9.17) is 5.73 Å². The molecule has 0 fully saturated rings. The van der Waals surface area contributed by atoms with E-state index in [1.165, 1.54) is 5.56 Å². The minimum absolute atomic E-state index is 0.492. The second-order valence-electron chi connectivity index (χ2n) is 4.15. The normalized spacial score (nSPS) is 14.9. The largest absolute Gasteiger partial charge is 0.385 e. The number of hydrogen-bond acceptors (Lipinski definition) is 4. The van der Waals surface area contributed by atoms with E-state index < -0.39 is 0 Å². The lowest BCUT2D eigenvalue weighted by atomic mass is 10.0. The second kappa shape index (κ2) is 4.35. The van der Waals surface area contributed by atoms with Gasteiger partial charge in [0, 0.05) is 5.69 Å². The Kier molecular flexibility index (Phi) is 2.90. The van der Waals surface area contributed by atoms with Crippen LogP contribution < -0.4 is 11.1 Å². The number of aliphatic imine (C=N–C) groups is 2. The number of anilines is 1. The average molecular weight is 216 g/mol. The lowest BCUT2D eigenvalue weighted by Gasteiger charge is -2.08. The van der Waals surface area contributed by atoms with Gasteiger partial charge in [-0.2, -0.15) is 4.99 Å². The van der Waals surface area contributed by atoms with Gasteiger partial charge in [0.25, 0.3) is 0 Å². The van der Waals surface area contributed by atoms with Crippen molar-refractivity contribution in [1.82, 2.24) is 0 Å². The highest BCUT2D eigenvalue weighted by Gasteiger charge is 2.07. The summed E-state index contributed by atoms with van der Waals surface area (Å²) in [5, 5.41) is 3.15. The molecular weight excluding hydrogens is 200 g/mol. The maximum atomic E-state index is 5.55. The topological polar surface area (TPSA) is 62.8 Å². The Morgan fingerprint density at radius 2 is 2.19 bits per heavy atom. The fraction of sp³-hybridized carbons (Fsp3) is 0.333. The Morgan fingerprint density at radius 3 is 2.81 bits per heavy atom. The van der Waals surface area contributed by atoms with E-state index in [1.807, 2.05) is 12.1 Å². The van der Waals surface area contributed by atoms with Crippen LogP contribution in [0.5, 0.6) is 0 Å². The lowest BCUT2D eigenvalue weighted by molar-refractivity contribution is 0.867. The maximum absolute atomic E-state index is 5.55. The fourth-order valence-electron chi connectivity index (χ4n) is 1.53. The molecule has 1 aromatic carbocycles. The fourth-order valence-corrected chi connectivity index (χ4v) is 1.53. The van der Waals surface area contributed by atoms with Gasteiger partial charge in [-0.25, -0.2) is 4.99 Å². The smallest absolute Gasteiger partial charge is 0.224 e. The predicted octanol–water partition coefficient (Wildman–Crippen LogP) is 1.95. The van der Waals surface area contributed by atoms with Crippen molar-refractivity contribution in [2.24, 2.45) is 15.7 Å². The van der Waals surface area contributed by atoms with Crippen LogP contribution in [0.25, 0.3) is 0 Å². The quantitative estimate of drug-likeness (QED) is 0.793. The van der Waals surface area contributed by atoms with Crippen LogP contribution in [0.1, 0.15) is 25.3 Å². The van der Waals surface area contributed by atoms with Gasteiger partial charge in [-0.05, 0) is 23.6 Å². The van der Waals surface area contributed by atoms with Crippen LogP contribution in [0.15, 0.2) is 34.3 Å². The minimum atomic E-state index is 0.492. The van der Waals surface area contributed by atoms with Crippen molar-refractivity contribution in [3.8, 4) is 0 Å². The summed E-state index contributed by atoms with van der Waals surface area (Å²) in [6, 6.07) is 8.25. The van der Waals surface area contributed by atoms with E-state index in [1.54, 1.807) is 0 Å². The first-order valence-corrected chi connectivity index (χ1v) is 5.39. The molecule has 16 heavy (non-hydrogen) atoms. The van der Waals surface area contributed by atoms with E-state index in [0.29, 0.717) is 24.3 Å². The molecule has 4 heteroatoms. The van der Waals surface area contributed by atoms with Crippen molar-refractivity contribution in [2.75, 3.05) is 11.9 Å². The van der Waals surface area contributed by atoms with Crippen LogP contribution in [0.2, 0.25) is 0 Å². The molecule has 1 heterocycles. The van der Waals surface area contributed by atoms with Gasteiger partial charge in [0.1, 0.15) is 12.4 Å². The van der Waals surface area contributed by atoms with Crippen molar-refractivity contribution < 1.29 is 0 Å². The molecule has 3 N–H and O–H groups in total. The zero-order valence-corrected chi connectivity index (χ0v) is 9.57. The van der Waals surface area contributed by atoms with Crippen molar-refractivity contribution >= 4 is 17.5 Å². The Labute approximate surface area is 95.3 Å². The number of nitrogens with two attached hydrogens (primary N) is 1. The number of nitrogens with one attached hydrogen (secondary N) is 1. The standard InChI is InChI=1S/C12H16N4/c1-8(2)9-4-3-5-10(6-9)15-12-14-7-11(13)16-12/h3-6,8H,7H2,1-2H3,(H3,13,14,15,16). The van der Waals surface area contributed by atoms with Gasteiger partial charge in [-0.3, -0.25) is 0 Å². The number of amidine groups is 1. The lowest BCUT2D eigenvalue weighted by Crippen LogP contribution is -2.12. The molecule has 0 aliphatic carbocycles. The number of guanidine groups is 1. The van der Waals surface area contributed by atoms with Crippen LogP contribution in [0.3, 0.4) is 0 Å². The summed E-state index contributed by atoms with van der Waals surface area (Å²) in [6.07, 6.45) is 0. The molecule has 1 aliphatic heterocycles. The average Bonchev–Trinajstić information content (AvgIpc) is 2.64. The Hall–Kier alpha value is -1.84. The van der Waals surface area contributed by atoms with Gasteiger partial charge in [-0.1, -0.05) is 26.0 Å². The first-order chi connectivity index (χ1) is 7.65. The number of rotatable bonds is 2. The molecule has 0 bridgehead atoms. The van der Waals surface area contributed by atoms with Gasteiger partial charge in [-0.15, -0.1) is 0 Å². The van der Waals surface area contributed by atoms with Crippen LogP contribution in [-0.2, 0) is 0 Å². The van der Waals surface area contributed by atoms with Crippen molar-refractivity contribution in [1.29, 1.82) is 0 Å². The van der Waals surface area contributed by atoms with E-state index in [9.17, 15) is 0 Å². The summed E-state index contributed by atoms with van der Waals surface area (Å²) in [6.45, 7) is 4.83. The van der Waals surface area contributed by atoms with E-state index >= 15 is 0 Å². The summed E-state index contributed by atoms with van der Waals surface area (Å²) in [4.78, 5) is 8.25. The molecule has 1 aromatic rings. The summed E-state index contributed by atoms with van der Waals surface area (Å²) in [7, 11) is 0. The first-order valence-electron chi connectivity index (χ1n) is 5.39. The molecule has 84 valence electrons. The molecule has 2 rings (SSSR count). The number of nitrogens with zero attached hydrogens (tertiary/aromatic N) is 2. The van der Waals surface area contributed by atoms with E-state index in [-0.39, 0.29) is 0 Å². The van der Waals surface area contributed by atoms with Crippen molar-refractivity contribution in [2.45, 2.75) is 19.8 Å². The maximum Gasteiger partial charge on any atom is 0.224 e. The third-order valence-corrected chi connectivity index (χ3v) is 2.45. The molecule has 0 spiro atoms. The predicted molar refractivity (Wildman–Crippen MR) is 68.1 cm³/mol. The van der Waals surface area contributed by atoms with Crippen LogP contribution in [-0.4, -0.2) is 18.3 Å². The van der Waals surface area contributed by atoms with Gasteiger partial charge in [0.05, 0.1) is 0 Å². The highest BCUT2D eigenvalue weighted by Crippen LogP contribution is 2.18. The zero-order valence-electron chi connectivity index (χ0n) is 9.57. The minimum Gasteiger partial charge on any atom is -0.385 e. The molecule has 0 aromatic heterocycles. The number of hydrogen-bond donors (Lipinski definition) is 2. The third-order valence-electron chi connectivity index (χ3n) is 2.45.